The minimum atomic E-state index is -4.74. The maximum atomic E-state index is 12.1. The third kappa shape index (κ3) is 12.3. The molecule has 1 aliphatic carbocycles. The Hall–Kier alpha value is -1.82. The van der Waals surface area contributed by atoms with Crippen LogP contribution in [0.15, 0.2) is 112 Å². The summed E-state index contributed by atoms with van der Waals surface area (Å²) < 4.78 is 79.3. The zero-order chi connectivity index (χ0) is 42.0. The first-order valence-electron chi connectivity index (χ1n) is 19.4. The Labute approximate surface area is 427 Å². The normalized spacial score (nSPS) is 18.1. The number of ether oxygens (including phenoxy) is 1. The Kier molecular flexibility index (Phi) is 19.2. The average Bonchev–Trinajstić information content (AvgIpc) is 3.51. The van der Waals surface area contributed by atoms with Gasteiger partial charge in [-0.05, 0) is 110 Å². The van der Waals surface area contributed by atoms with Crippen LogP contribution in [0, 0.1) is 13.0 Å². The minimum Gasteiger partial charge on any atom is -0.748 e. The number of fused-ring (bicyclic) bond motifs is 2. The van der Waals surface area contributed by atoms with E-state index in [1.54, 1.807) is 18.2 Å². The third-order valence-electron chi connectivity index (χ3n) is 11.2. The van der Waals surface area contributed by atoms with Gasteiger partial charge in [0.15, 0.2) is 5.71 Å². The molecule has 3 aliphatic rings. The molecule has 3 aromatic rings. The quantitative estimate of drug-likeness (QED) is 0.0665. The second-order valence-electron chi connectivity index (χ2n) is 15.9. The monoisotopic (exact) mass is 894 g/mol. The Morgan fingerprint density at radius 2 is 1.62 bits per heavy atom. The minimum absolute atomic E-state index is 0. The van der Waals surface area contributed by atoms with E-state index in [-0.39, 0.29) is 111 Å². The summed E-state index contributed by atoms with van der Waals surface area (Å²) in [6, 6.07) is 19.9. The molecular formula is C45H49N2Na3O9S2. The predicted molar refractivity (Wildman–Crippen MR) is 221 cm³/mol. The van der Waals surface area contributed by atoms with Crippen LogP contribution in [0.5, 0.6) is 5.75 Å². The molecule has 0 fully saturated rings. The molecule has 3 aromatic carbocycles. The summed E-state index contributed by atoms with van der Waals surface area (Å²) in [5.41, 5.74) is 6.47. The van der Waals surface area contributed by atoms with E-state index in [2.05, 4.69) is 55.7 Å². The number of nitrogens with zero attached hydrogens (tertiary/aromatic N) is 2. The number of allylic oxidation sites excluding steroid dienone is 7. The van der Waals surface area contributed by atoms with Crippen molar-refractivity contribution in [2.24, 2.45) is 0 Å². The number of carboxylic acids is 1. The van der Waals surface area contributed by atoms with Crippen LogP contribution in [0.1, 0.15) is 94.1 Å². The number of hydrogen-bond acceptors (Lipinski definition) is 9. The third-order valence-corrected chi connectivity index (χ3v) is 12.8. The van der Waals surface area contributed by atoms with Crippen molar-refractivity contribution in [2.75, 3.05) is 23.7 Å². The van der Waals surface area contributed by atoms with Crippen LogP contribution in [0.2, 0.25) is 0 Å². The Morgan fingerprint density at radius 3 is 2.26 bits per heavy atom. The molecule has 308 valence electrons. The van der Waals surface area contributed by atoms with Crippen LogP contribution in [-0.4, -0.2) is 66.1 Å². The SMILES string of the molecule is [CH2-]CCC[N+]1=C(/C=C/C2=C(Oc3ccc(C(=O)O)cc3)C(=C/C=C3/N(CCCCS(=O)(=O)[O-])c4ccc(S(=O)(=O)[O-])cc4C3(C)C)/CCC2)C(C)(C)c2c[c-]ccc21.[Na+].[Na+].[Na+]. The van der Waals surface area contributed by atoms with E-state index >= 15 is 0 Å². The molecule has 0 amide bonds. The van der Waals surface area contributed by atoms with Crippen LogP contribution in [0.3, 0.4) is 0 Å². The Bertz CT molecular complexity index is 2490. The molecule has 61 heavy (non-hydrogen) atoms. The van der Waals surface area contributed by atoms with Gasteiger partial charge in [0.1, 0.15) is 33.9 Å². The molecule has 0 saturated carbocycles. The number of benzene rings is 3. The van der Waals surface area contributed by atoms with Gasteiger partial charge >= 0.3 is 94.6 Å². The summed E-state index contributed by atoms with van der Waals surface area (Å²) in [4.78, 5) is 13.3. The van der Waals surface area contributed by atoms with Crippen LogP contribution in [0.25, 0.3) is 0 Å². The summed E-state index contributed by atoms with van der Waals surface area (Å²) in [7, 11) is -9.14. The second kappa shape index (κ2) is 21.9. The van der Waals surface area contributed by atoms with E-state index < -0.39 is 37.4 Å². The molecule has 0 unspecified atom stereocenters. The van der Waals surface area contributed by atoms with Gasteiger partial charge in [0, 0.05) is 40.6 Å². The summed E-state index contributed by atoms with van der Waals surface area (Å²) >= 11 is 0. The van der Waals surface area contributed by atoms with Gasteiger partial charge < -0.3 is 30.8 Å². The fourth-order valence-corrected chi connectivity index (χ4v) is 9.22. The molecule has 0 atom stereocenters. The van der Waals surface area contributed by atoms with Gasteiger partial charge in [-0.3, -0.25) is 0 Å². The van der Waals surface area contributed by atoms with Gasteiger partial charge in [-0.25, -0.2) is 26.2 Å². The van der Waals surface area contributed by atoms with Crippen LogP contribution in [0.4, 0.5) is 11.4 Å². The molecule has 1 N–H and O–H groups in total. The molecule has 0 saturated heterocycles. The van der Waals surface area contributed by atoms with Crippen LogP contribution < -0.4 is 98.3 Å². The summed E-state index contributed by atoms with van der Waals surface area (Å²) in [5.74, 6) is -0.446. The zero-order valence-electron chi connectivity index (χ0n) is 36.3. The first-order chi connectivity index (χ1) is 27.3. The molecule has 6 rings (SSSR count). The smallest absolute Gasteiger partial charge is 0.748 e. The van der Waals surface area contributed by atoms with Crippen molar-refractivity contribution in [2.45, 2.75) is 88.4 Å². The number of carbonyl (C=O) groups is 1. The van der Waals surface area contributed by atoms with Crippen molar-refractivity contribution < 1.29 is 134 Å². The van der Waals surface area contributed by atoms with Crippen molar-refractivity contribution in [1.82, 2.24) is 0 Å². The van der Waals surface area contributed by atoms with E-state index in [4.69, 9.17) is 4.74 Å². The second-order valence-corrected chi connectivity index (χ2v) is 18.8. The summed E-state index contributed by atoms with van der Waals surface area (Å²) in [5, 5.41) is 9.52. The maximum absolute atomic E-state index is 12.1. The summed E-state index contributed by atoms with van der Waals surface area (Å²) in [6.45, 7) is 13.5. The van der Waals surface area contributed by atoms with Gasteiger partial charge in [0.25, 0.3) is 0 Å². The molecule has 0 aromatic heterocycles. The molecule has 2 heterocycles. The maximum Gasteiger partial charge on any atom is 1.00 e. The molecule has 0 radical (unpaired) electrons. The standard InChI is InChI=1S/C45H51N2O9S2.3Na/c1-6-7-27-46-38-16-9-8-15-36(38)44(2,3)40(46)25-19-31-13-12-14-32(42(31)56-34-21-17-33(18-22-34)43(48)49)20-26-41-45(4,5)37-30-35(58(53,54)55)23-24-39(37)47(41)28-10-11-29-57(50,51)52;;;/h9,15-26,30H,1,6-7,10-14,27-29H2,2-5H3,(H,48,49)(H,50,51,52)(H,53,54,55);;;/q-1;3*+1/p-2. The Morgan fingerprint density at radius 1 is 0.918 bits per heavy atom. The fourth-order valence-electron chi connectivity index (χ4n) is 8.17. The van der Waals surface area contributed by atoms with Crippen LogP contribution >= 0.6 is 0 Å². The van der Waals surface area contributed by atoms with Gasteiger partial charge in [-0.2, -0.15) is 24.6 Å². The number of rotatable bonds is 15. The van der Waals surface area contributed by atoms with Gasteiger partial charge in [-0.15, -0.1) is 6.07 Å². The van der Waals surface area contributed by atoms with Gasteiger partial charge in [0.2, 0.25) is 0 Å². The fraction of sp³-hybridized carbons (Fsp3) is 0.356. The number of anilines is 1. The number of hydrogen-bond donors (Lipinski definition) is 1. The molecule has 0 bridgehead atoms. The average molecular weight is 895 g/mol. The first-order valence-corrected chi connectivity index (χ1v) is 22.4. The Balaban J connectivity index is 0.00000331. The molecule has 11 nitrogen and oxygen atoms in total. The molecular weight excluding hydrogens is 846 g/mol. The van der Waals surface area contributed by atoms with E-state index in [0.29, 0.717) is 42.1 Å². The van der Waals surface area contributed by atoms with Crippen molar-refractivity contribution >= 4 is 43.3 Å². The number of unbranched alkanes of at least 4 members (excludes halogenated alkanes) is 2. The van der Waals surface area contributed by atoms with Gasteiger partial charge in [0.05, 0.1) is 20.6 Å². The largest absolute Gasteiger partial charge is 1.00 e. The van der Waals surface area contributed by atoms with E-state index in [1.807, 2.05) is 37.0 Å². The van der Waals surface area contributed by atoms with Crippen LogP contribution in [-0.2, 0) is 31.1 Å². The van der Waals surface area contributed by atoms with Crippen molar-refractivity contribution in [1.29, 1.82) is 0 Å². The molecule has 0 spiro atoms. The predicted octanol–water partition coefficient (Wildman–Crippen LogP) is -0.902. The van der Waals surface area contributed by atoms with E-state index in [0.717, 1.165) is 60.5 Å². The first kappa shape index (κ1) is 53.5. The van der Waals surface area contributed by atoms with Crippen molar-refractivity contribution in [3.05, 3.63) is 137 Å². The zero-order valence-corrected chi connectivity index (χ0v) is 43.9. The topological polar surface area (TPSA) is 167 Å². The summed E-state index contributed by atoms with van der Waals surface area (Å²) in [6.07, 6.45) is 12.6. The molecule has 16 heteroatoms. The van der Waals surface area contributed by atoms with E-state index in [1.165, 1.54) is 29.8 Å². The molecule has 2 aliphatic heterocycles. The van der Waals surface area contributed by atoms with Crippen molar-refractivity contribution in [3.8, 4) is 5.75 Å². The number of carboxylic acid groups (broad SMARTS) is 1. The van der Waals surface area contributed by atoms with Gasteiger partial charge in [-0.1, -0.05) is 39.3 Å². The number of aromatic carboxylic acids is 1. The van der Waals surface area contributed by atoms with Crippen molar-refractivity contribution in [3.63, 3.8) is 0 Å². The van der Waals surface area contributed by atoms with E-state index in [9.17, 15) is 35.8 Å².